The Balaban J connectivity index is 1.97. The van der Waals surface area contributed by atoms with E-state index < -0.39 is 0 Å². The lowest BCUT2D eigenvalue weighted by Crippen LogP contribution is -2.41. The Morgan fingerprint density at radius 1 is 1.20 bits per heavy atom. The number of hydrogen-bond acceptors (Lipinski definition) is 5. The van der Waals surface area contributed by atoms with Gasteiger partial charge in [0.25, 0.3) is 0 Å². The zero-order valence-corrected chi connectivity index (χ0v) is 12.8. The minimum Gasteiger partial charge on any atom is -0.378 e. The number of hydrogen-bond donors (Lipinski definition) is 2. The first-order valence-electron chi connectivity index (χ1n) is 7.74. The molecule has 0 aromatic carbocycles. The number of nitrogens with one attached hydrogen (secondary N) is 2. The predicted molar refractivity (Wildman–Crippen MR) is 82.2 cm³/mol. The topological polar surface area (TPSA) is 59.1 Å². The number of anilines is 2. The molecule has 1 heterocycles. The third-order valence-electron chi connectivity index (χ3n) is 3.68. The van der Waals surface area contributed by atoms with Crippen molar-refractivity contribution in [1.29, 1.82) is 0 Å². The number of rotatable bonds is 8. The predicted octanol–water partition coefficient (Wildman–Crippen LogP) is 2.84. The molecular formula is C15H26N4O. The minimum absolute atomic E-state index is 0.419. The van der Waals surface area contributed by atoms with Crippen molar-refractivity contribution in [3.05, 3.63) is 11.9 Å². The summed E-state index contributed by atoms with van der Waals surface area (Å²) in [6.07, 6.45) is 6.21. The average molecular weight is 278 g/mol. The first kappa shape index (κ1) is 15.0. The van der Waals surface area contributed by atoms with Gasteiger partial charge in [0.2, 0.25) is 0 Å². The number of ether oxygens (including phenoxy) is 1. The molecule has 1 fully saturated rings. The fraction of sp³-hybridized carbons (Fsp3) is 0.733. The lowest BCUT2D eigenvalue weighted by Gasteiger charge is -2.36. The summed E-state index contributed by atoms with van der Waals surface area (Å²) < 4.78 is 5.59. The van der Waals surface area contributed by atoms with Crippen LogP contribution in [0.2, 0.25) is 0 Å². The van der Waals surface area contributed by atoms with Gasteiger partial charge < -0.3 is 15.4 Å². The van der Waals surface area contributed by atoms with E-state index in [4.69, 9.17) is 4.74 Å². The van der Waals surface area contributed by atoms with Crippen LogP contribution in [0.5, 0.6) is 0 Å². The van der Waals surface area contributed by atoms with E-state index >= 15 is 0 Å². The summed E-state index contributed by atoms with van der Waals surface area (Å²) in [6.45, 7) is 8.09. The molecule has 112 valence electrons. The van der Waals surface area contributed by atoms with Gasteiger partial charge in [-0.05, 0) is 32.6 Å². The van der Waals surface area contributed by atoms with Crippen LogP contribution in [0.4, 0.5) is 11.6 Å². The van der Waals surface area contributed by atoms with Gasteiger partial charge in [-0.25, -0.2) is 9.97 Å². The number of nitrogens with zero attached hydrogens (tertiary/aromatic N) is 2. The summed E-state index contributed by atoms with van der Waals surface area (Å²) in [5, 5.41) is 6.91. The minimum atomic E-state index is 0.419. The maximum absolute atomic E-state index is 5.59. The van der Waals surface area contributed by atoms with Crippen molar-refractivity contribution >= 4 is 11.6 Å². The van der Waals surface area contributed by atoms with E-state index in [-0.39, 0.29) is 0 Å². The molecule has 1 aromatic rings. The molecule has 0 radical (unpaired) electrons. The second-order valence-corrected chi connectivity index (χ2v) is 5.22. The molecule has 1 aromatic heterocycles. The van der Waals surface area contributed by atoms with Crippen LogP contribution >= 0.6 is 0 Å². The van der Waals surface area contributed by atoms with Gasteiger partial charge in [0, 0.05) is 24.8 Å². The third kappa shape index (κ3) is 3.60. The first-order valence-corrected chi connectivity index (χ1v) is 7.74. The molecule has 5 heteroatoms. The highest BCUT2D eigenvalue weighted by molar-refractivity contribution is 5.57. The van der Waals surface area contributed by atoms with Crippen LogP contribution in [0.1, 0.15) is 45.6 Å². The molecule has 20 heavy (non-hydrogen) atoms. The summed E-state index contributed by atoms with van der Waals surface area (Å²) in [5.74, 6) is 1.94. The second-order valence-electron chi connectivity index (χ2n) is 5.22. The Labute approximate surface area is 121 Å². The smallest absolute Gasteiger partial charge is 0.134 e. The Morgan fingerprint density at radius 3 is 2.60 bits per heavy atom. The molecule has 0 spiro atoms. The molecule has 2 rings (SSSR count). The molecule has 2 N–H and O–H groups in total. The highest BCUT2D eigenvalue weighted by Gasteiger charge is 2.30. The van der Waals surface area contributed by atoms with Gasteiger partial charge in [-0.2, -0.15) is 0 Å². The van der Waals surface area contributed by atoms with E-state index in [0.717, 1.165) is 50.5 Å². The molecule has 1 saturated carbocycles. The normalized spacial score (nSPS) is 21.4. The van der Waals surface area contributed by atoms with Crippen molar-refractivity contribution in [2.75, 3.05) is 23.8 Å². The number of aromatic nitrogens is 2. The van der Waals surface area contributed by atoms with Crippen molar-refractivity contribution in [2.45, 2.75) is 58.6 Å². The Kier molecular flexibility index (Phi) is 5.59. The molecule has 0 atom stereocenters. The van der Waals surface area contributed by atoms with E-state index in [1.165, 1.54) is 5.56 Å². The van der Waals surface area contributed by atoms with Gasteiger partial charge >= 0.3 is 0 Å². The molecule has 0 bridgehead atoms. The van der Waals surface area contributed by atoms with Crippen LogP contribution in [-0.2, 0) is 11.2 Å². The highest BCUT2D eigenvalue weighted by atomic mass is 16.5. The summed E-state index contributed by atoms with van der Waals surface area (Å²) in [5.41, 5.74) is 1.18. The van der Waals surface area contributed by atoms with Crippen molar-refractivity contribution in [2.24, 2.45) is 0 Å². The Bertz CT molecular complexity index is 418. The van der Waals surface area contributed by atoms with Gasteiger partial charge in [0.1, 0.15) is 18.0 Å². The fourth-order valence-corrected chi connectivity index (χ4v) is 2.52. The average Bonchev–Trinajstić information content (AvgIpc) is 2.43. The highest BCUT2D eigenvalue weighted by Crippen LogP contribution is 2.29. The Morgan fingerprint density at radius 2 is 1.95 bits per heavy atom. The zero-order chi connectivity index (χ0) is 14.4. The lowest BCUT2D eigenvalue weighted by molar-refractivity contribution is 0.00291. The molecule has 1 aliphatic carbocycles. The lowest BCUT2D eigenvalue weighted by atomic mass is 9.89. The molecule has 5 nitrogen and oxygen atoms in total. The fourth-order valence-electron chi connectivity index (χ4n) is 2.52. The van der Waals surface area contributed by atoms with Gasteiger partial charge in [0.15, 0.2) is 0 Å². The van der Waals surface area contributed by atoms with Crippen LogP contribution in [0.15, 0.2) is 6.33 Å². The van der Waals surface area contributed by atoms with Gasteiger partial charge in [0.05, 0.1) is 6.10 Å². The van der Waals surface area contributed by atoms with Crippen molar-refractivity contribution in [1.82, 2.24) is 9.97 Å². The SMILES string of the molecule is CCCNc1ncnc(NC2CC(OCC)C2)c1CC. The first-order chi connectivity index (χ1) is 9.78. The van der Waals surface area contributed by atoms with Crippen molar-refractivity contribution in [3.63, 3.8) is 0 Å². The molecule has 0 amide bonds. The summed E-state index contributed by atoms with van der Waals surface area (Å²) in [7, 11) is 0. The maximum atomic E-state index is 5.59. The van der Waals surface area contributed by atoms with Crippen LogP contribution in [0.25, 0.3) is 0 Å². The largest absolute Gasteiger partial charge is 0.378 e. The van der Waals surface area contributed by atoms with E-state index in [1.54, 1.807) is 6.33 Å². The monoisotopic (exact) mass is 278 g/mol. The van der Waals surface area contributed by atoms with Crippen LogP contribution in [0, 0.1) is 0 Å². The molecular weight excluding hydrogens is 252 g/mol. The van der Waals surface area contributed by atoms with Gasteiger partial charge in [-0.1, -0.05) is 13.8 Å². The van der Waals surface area contributed by atoms with E-state index in [0.29, 0.717) is 12.1 Å². The van der Waals surface area contributed by atoms with Crippen LogP contribution < -0.4 is 10.6 Å². The summed E-state index contributed by atoms with van der Waals surface area (Å²) in [4.78, 5) is 8.76. The Hall–Kier alpha value is -1.36. The summed E-state index contributed by atoms with van der Waals surface area (Å²) in [6, 6.07) is 0.478. The van der Waals surface area contributed by atoms with Gasteiger partial charge in [-0.15, -0.1) is 0 Å². The zero-order valence-electron chi connectivity index (χ0n) is 12.8. The standard InChI is InChI=1S/C15H26N4O/c1-4-7-16-14-13(5-2)15(18-10-17-14)19-11-8-12(9-11)20-6-3/h10-12H,4-9H2,1-3H3,(H2,16,17,18,19). The van der Waals surface area contributed by atoms with Crippen LogP contribution in [-0.4, -0.2) is 35.3 Å². The molecule has 0 unspecified atom stereocenters. The van der Waals surface area contributed by atoms with Crippen molar-refractivity contribution < 1.29 is 4.74 Å². The maximum Gasteiger partial charge on any atom is 0.134 e. The van der Waals surface area contributed by atoms with E-state index in [1.807, 2.05) is 6.92 Å². The third-order valence-corrected chi connectivity index (χ3v) is 3.68. The van der Waals surface area contributed by atoms with Crippen molar-refractivity contribution in [3.8, 4) is 0 Å². The quantitative estimate of drug-likeness (QED) is 0.765. The van der Waals surface area contributed by atoms with Crippen LogP contribution in [0.3, 0.4) is 0 Å². The second kappa shape index (κ2) is 7.43. The summed E-state index contributed by atoms with van der Waals surface area (Å²) >= 11 is 0. The molecule has 0 saturated heterocycles. The molecule has 0 aliphatic heterocycles. The van der Waals surface area contributed by atoms with Gasteiger partial charge in [-0.3, -0.25) is 0 Å². The molecule has 1 aliphatic rings. The van der Waals surface area contributed by atoms with E-state index in [2.05, 4.69) is 34.4 Å². The van der Waals surface area contributed by atoms with E-state index in [9.17, 15) is 0 Å².